The fourth-order valence-corrected chi connectivity index (χ4v) is 2.57. The minimum atomic E-state index is -1.04. The molecule has 25 heavy (non-hydrogen) atoms. The largest absolute Gasteiger partial charge is 0.311 e. The number of hydrogen-bond donors (Lipinski definition) is 0. The Morgan fingerprint density at radius 3 is 2.72 bits per heavy atom. The van der Waals surface area contributed by atoms with E-state index in [0.29, 0.717) is 11.0 Å². The molecular formula is C16H15F2N5O2. The molecule has 130 valence electrons. The van der Waals surface area contributed by atoms with E-state index >= 15 is 0 Å². The van der Waals surface area contributed by atoms with E-state index < -0.39 is 23.1 Å². The highest BCUT2D eigenvalue weighted by Crippen LogP contribution is 2.18. The van der Waals surface area contributed by atoms with Crippen molar-refractivity contribution in [3.63, 3.8) is 0 Å². The van der Waals surface area contributed by atoms with E-state index in [1.807, 2.05) is 0 Å². The highest BCUT2D eigenvalue weighted by molar-refractivity contribution is 5.93. The zero-order chi connectivity index (χ0) is 18.1. The zero-order valence-electron chi connectivity index (χ0n) is 13.6. The predicted molar refractivity (Wildman–Crippen MR) is 87.2 cm³/mol. The van der Waals surface area contributed by atoms with E-state index in [2.05, 4.69) is 10.1 Å². The van der Waals surface area contributed by atoms with Crippen LogP contribution >= 0.6 is 0 Å². The van der Waals surface area contributed by atoms with Gasteiger partial charge < -0.3 is 4.90 Å². The van der Waals surface area contributed by atoms with Gasteiger partial charge in [0.2, 0.25) is 5.91 Å². The van der Waals surface area contributed by atoms with Gasteiger partial charge in [-0.15, -0.1) is 0 Å². The Morgan fingerprint density at radius 2 is 2.04 bits per heavy atom. The summed E-state index contributed by atoms with van der Waals surface area (Å²) in [6.07, 6.45) is 2.65. The number of aryl methyl sites for hydroxylation is 1. The first-order valence-electron chi connectivity index (χ1n) is 7.55. The third kappa shape index (κ3) is 3.00. The Labute approximate surface area is 141 Å². The van der Waals surface area contributed by atoms with E-state index in [1.165, 1.54) is 28.2 Å². The summed E-state index contributed by atoms with van der Waals surface area (Å²) in [5.41, 5.74) is 0.240. The molecule has 0 saturated carbocycles. The molecule has 1 amide bonds. The lowest BCUT2D eigenvalue weighted by molar-refractivity contribution is -0.119. The van der Waals surface area contributed by atoms with Crippen LogP contribution in [0.1, 0.15) is 6.92 Å². The van der Waals surface area contributed by atoms with Crippen LogP contribution in [0.25, 0.3) is 11.0 Å². The van der Waals surface area contributed by atoms with Crippen LogP contribution in [0.3, 0.4) is 0 Å². The molecule has 0 radical (unpaired) electrons. The molecule has 0 bridgehead atoms. The lowest BCUT2D eigenvalue weighted by atomic mass is 10.2. The van der Waals surface area contributed by atoms with Crippen LogP contribution in [0.4, 0.5) is 14.5 Å². The van der Waals surface area contributed by atoms with E-state index in [1.54, 1.807) is 14.0 Å². The van der Waals surface area contributed by atoms with Crippen LogP contribution in [-0.2, 0) is 18.4 Å². The highest BCUT2D eigenvalue weighted by Gasteiger charge is 2.18. The Bertz CT molecular complexity index is 1010. The Balaban J connectivity index is 1.91. The van der Waals surface area contributed by atoms with E-state index in [4.69, 9.17) is 0 Å². The SMILES string of the molecule is CCN(C(=O)Cn1cnc2c(cnn2C)c1=O)c1ccc(F)c(F)c1. The van der Waals surface area contributed by atoms with Crippen LogP contribution < -0.4 is 10.5 Å². The lowest BCUT2D eigenvalue weighted by Gasteiger charge is -2.21. The van der Waals surface area contributed by atoms with Gasteiger partial charge in [-0.05, 0) is 19.1 Å². The van der Waals surface area contributed by atoms with Gasteiger partial charge in [0.05, 0.1) is 6.20 Å². The topological polar surface area (TPSA) is 73.0 Å². The molecule has 0 aliphatic carbocycles. The van der Waals surface area contributed by atoms with Gasteiger partial charge in [0.25, 0.3) is 5.56 Å². The lowest BCUT2D eigenvalue weighted by Crippen LogP contribution is -2.36. The molecule has 3 aromatic rings. The number of aromatic nitrogens is 4. The first-order valence-corrected chi connectivity index (χ1v) is 7.55. The van der Waals surface area contributed by atoms with E-state index in [-0.39, 0.29) is 18.8 Å². The van der Waals surface area contributed by atoms with Crippen molar-refractivity contribution in [2.24, 2.45) is 7.05 Å². The Kier molecular flexibility index (Phi) is 4.30. The zero-order valence-corrected chi connectivity index (χ0v) is 13.6. The number of benzene rings is 1. The van der Waals surface area contributed by atoms with Crippen molar-refractivity contribution in [3.8, 4) is 0 Å². The van der Waals surface area contributed by atoms with Crippen LogP contribution in [0, 0.1) is 11.6 Å². The normalized spacial score (nSPS) is 11.0. The third-order valence-electron chi connectivity index (χ3n) is 3.86. The molecule has 0 aliphatic heterocycles. The number of rotatable bonds is 4. The average molecular weight is 347 g/mol. The maximum absolute atomic E-state index is 13.4. The first-order chi connectivity index (χ1) is 11.9. The number of amides is 1. The summed E-state index contributed by atoms with van der Waals surface area (Å²) in [4.78, 5) is 30.3. The number of halogens is 2. The molecule has 0 N–H and O–H groups in total. The summed E-state index contributed by atoms with van der Waals surface area (Å²) in [6.45, 7) is 1.66. The minimum Gasteiger partial charge on any atom is -0.311 e. The predicted octanol–water partition coefficient (Wildman–Crippen LogP) is 1.46. The second-order valence-corrected chi connectivity index (χ2v) is 5.42. The van der Waals surface area contributed by atoms with Crippen LogP contribution in [-0.4, -0.2) is 31.8 Å². The molecule has 1 aromatic carbocycles. The van der Waals surface area contributed by atoms with Gasteiger partial charge in [-0.1, -0.05) is 0 Å². The molecule has 3 rings (SSSR count). The van der Waals surface area contributed by atoms with Crippen LogP contribution in [0.2, 0.25) is 0 Å². The third-order valence-corrected chi connectivity index (χ3v) is 3.86. The number of carbonyl (C=O) groups is 1. The maximum Gasteiger partial charge on any atom is 0.264 e. The van der Waals surface area contributed by atoms with E-state index in [0.717, 1.165) is 16.7 Å². The second-order valence-electron chi connectivity index (χ2n) is 5.42. The van der Waals surface area contributed by atoms with Crippen molar-refractivity contribution in [1.82, 2.24) is 19.3 Å². The van der Waals surface area contributed by atoms with Gasteiger partial charge in [-0.2, -0.15) is 5.10 Å². The molecule has 0 spiro atoms. The van der Waals surface area contributed by atoms with Crippen LogP contribution in [0.15, 0.2) is 35.5 Å². The number of hydrogen-bond acceptors (Lipinski definition) is 4. The van der Waals surface area contributed by atoms with E-state index in [9.17, 15) is 18.4 Å². The number of fused-ring (bicyclic) bond motifs is 1. The van der Waals surface area contributed by atoms with Crippen molar-refractivity contribution in [1.29, 1.82) is 0 Å². The van der Waals surface area contributed by atoms with Crippen molar-refractivity contribution in [3.05, 3.63) is 52.7 Å². The highest BCUT2D eigenvalue weighted by atomic mass is 19.2. The monoisotopic (exact) mass is 347 g/mol. The van der Waals surface area contributed by atoms with Gasteiger partial charge >= 0.3 is 0 Å². The van der Waals surface area contributed by atoms with Crippen LogP contribution in [0.5, 0.6) is 0 Å². The molecule has 0 fully saturated rings. The fraction of sp³-hybridized carbons (Fsp3) is 0.250. The summed E-state index contributed by atoms with van der Waals surface area (Å²) >= 11 is 0. The molecule has 2 aromatic heterocycles. The summed E-state index contributed by atoms with van der Waals surface area (Å²) in [7, 11) is 1.66. The smallest absolute Gasteiger partial charge is 0.264 e. The summed E-state index contributed by atoms with van der Waals surface area (Å²) in [5, 5.41) is 4.26. The van der Waals surface area contributed by atoms with Crippen molar-refractivity contribution in [2.75, 3.05) is 11.4 Å². The van der Waals surface area contributed by atoms with Crippen molar-refractivity contribution < 1.29 is 13.6 Å². The summed E-state index contributed by atoms with van der Waals surface area (Å²) in [5.74, 6) is -2.48. The molecule has 2 heterocycles. The molecule has 0 atom stereocenters. The molecule has 9 heteroatoms. The quantitative estimate of drug-likeness (QED) is 0.716. The maximum atomic E-state index is 13.4. The van der Waals surface area contributed by atoms with Gasteiger partial charge in [0, 0.05) is 25.3 Å². The van der Waals surface area contributed by atoms with Gasteiger partial charge in [0.1, 0.15) is 18.3 Å². The molecule has 7 nitrogen and oxygen atoms in total. The Hall–Kier alpha value is -3.10. The standard InChI is InChI=1S/C16H15F2N5O2/c1-3-23(10-4-5-12(17)13(18)6-10)14(24)8-22-9-19-15-11(16(22)25)7-20-21(15)2/h4-7,9H,3,8H2,1-2H3. The Morgan fingerprint density at radius 1 is 1.28 bits per heavy atom. The fourth-order valence-electron chi connectivity index (χ4n) is 2.57. The number of carbonyl (C=O) groups excluding carboxylic acids is 1. The van der Waals surface area contributed by atoms with Crippen molar-refractivity contribution in [2.45, 2.75) is 13.5 Å². The first kappa shape index (κ1) is 16.7. The summed E-state index contributed by atoms with van der Waals surface area (Å²) in [6, 6.07) is 3.21. The number of nitrogens with zero attached hydrogens (tertiary/aromatic N) is 5. The second kappa shape index (κ2) is 6.42. The molecular weight excluding hydrogens is 332 g/mol. The number of likely N-dealkylation sites (N-methyl/N-ethyl adjacent to an activating group) is 1. The summed E-state index contributed by atoms with van der Waals surface area (Å²) < 4.78 is 29.1. The van der Waals surface area contributed by atoms with Crippen molar-refractivity contribution >= 4 is 22.6 Å². The molecule has 0 saturated heterocycles. The molecule has 0 unspecified atom stereocenters. The van der Waals surface area contributed by atoms with Gasteiger partial charge in [-0.3, -0.25) is 18.8 Å². The molecule has 0 aliphatic rings. The van der Waals surface area contributed by atoms with Gasteiger partial charge in [0.15, 0.2) is 17.3 Å². The number of anilines is 1. The average Bonchev–Trinajstić information content (AvgIpc) is 2.96. The minimum absolute atomic E-state index is 0.217. The van der Waals surface area contributed by atoms with Gasteiger partial charge in [-0.25, -0.2) is 13.8 Å².